The quantitative estimate of drug-likeness (QED) is 0.810. The second-order valence-electron chi connectivity index (χ2n) is 6.50. The number of nitrogens with one attached hydrogen (secondary N) is 2. The van der Waals surface area contributed by atoms with E-state index >= 15 is 0 Å². The van der Waals surface area contributed by atoms with Crippen molar-refractivity contribution in [3.05, 3.63) is 35.9 Å². The van der Waals surface area contributed by atoms with Crippen molar-refractivity contribution in [1.82, 2.24) is 15.8 Å². The first kappa shape index (κ1) is 16.4. The second kappa shape index (κ2) is 7.90. The third-order valence-corrected chi connectivity index (χ3v) is 4.95. The Balaban J connectivity index is 1.51. The van der Waals surface area contributed by atoms with Gasteiger partial charge in [-0.2, -0.15) is 0 Å². The van der Waals surface area contributed by atoms with Gasteiger partial charge in [-0.05, 0) is 38.4 Å². The van der Waals surface area contributed by atoms with Crippen LogP contribution in [0.3, 0.4) is 0 Å². The molecule has 1 aromatic rings. The van der Waals surface area contributed by atoms with Crippen LogP contribution in [-0.4, -0.2) is 43.7 Å². The van der Waals surface area contributed by atoms with Gasteiger partial charge in [0.05, 0.1) is 18.6 Å². The summed E-state index contributed by atoms with van der Waals surface area (Å²) in [6.45, 7) is 6.38. The molecule has 2 N–H and O–H groups in total. The summed E-state index contributed by atoms with van der Waals surface area (Å²) >= 11 is 0. The van der Waals surface area contributed by atoms with Crippen LogP contribution in [0, 0.1) is 11.8 Å². The topological polar surface area (TPSA) is 53.6 Å². The maximum absolute atomic E-state index is 11.8. The monoisotopic (exact) mass is 317 g/mol. The van der Waals surface area contributed by atoms with Crippen molar-refractivity contribution in [3.63, 3.8) is 0 Å². The van der Waals surface area contributed by atoms with E-state index in [0.717, 1.165) is 39.0 Å². The number of hydrogen-bond acceptors (Lipinski definition) is 5. The summed E-state index contributed by atoms with van der Waals surface area (Å²) < 4.78 is 5.15. The van der Waals surface area contributed by atoms with E-state index in [-0.39, 0.29) is 11.9 Å². The molecule has 0 saturated carbocycles. The van der Waals surface area contributed by atoms with Gasteiger partial charge in [0, 0.05) is 19.0 Å². The van der Waals surface area contributed by atoms with E-state index in [9.17, 15) is 4.79 Å². The van der Waals surface area contributed by atoms with Crippen LogP contribution in [0.1, 0.15) is 31.4 Å². The number of carbonyl (C=O) groups excluding carboxylic acids is 1. The molecule has 2 aliphatic heterocycles. The molecule has 3 rings (SSSR count). The van der Waals surface area contributed by atoms with E-state index in [1.807, 2.05) is 6.92 Å². The lowest BCUT2D eigenvalue weighted by Gasteiger charge is -2.33. The van der Waals surface area contributed by atoms with Crippen molar-refractivity contribution >= 4 is 5.97 Å². The van der Waals surface area contributed by atoms with Crippen LogP contribution in [0.2, 0.25) is 0 Å². The summed E-state index contributed by atoms with van der Waals surface area (Å²) in [5.74, 6) is 0.631. The summed E-state index contributed by atoms with van der Waals surface area (Å²) in [7, 11) is 0. The number of benzene rings is 1. The number of ether oxygens (including phenoxy) is 1. The Hall–Kier alpha value is -1.43. The average molecular weight is 317 g/mol. The van der Waals surface area contributed by atoms with Gasteiger partial charge >= 0.3 is 5.97 Å². The number of piperidine rings is 1. The third kappa shape index (κ3) is 4.10. The molecule has 23 heavy (non-hydrogen) atoms. The summed E-state index contributed by atoms with van der Waals surface area (Å²) in [6.07, 6.45) is 1.84. The van der Waals surface area contributed by atoms with Gasteiger partial charge in [0.25, 0.3) is 0 Å². The van der Waals surface area contributed by atoms with E-state index in [1.165, 1.54) is 5.56 Å². The lowest BCUT2D eigenvalue weighted by molar-refractivity contribution is -0.149. The Kier molecular flexibility index (Phi) is 5.65. The van der Waals surface area contributed by atoms with Crippen LogP contribution in [-0.2, 0) is 9.53 Å². The van der Waals surface area contributed by atoms with Crippen molar-refractivity contribution in [1.29, 1.82) is 0 Å². The SMILES string of the molecule is CCOC(=O)C1CCN(CC2CNNC2c2ccccc2)CC1. The Morgan fingerprint density at radius 3 is 2.70 bits per heavy atom. The fourth-order valence-electron chi connectivity index (χ4n) is 3.66. The smallest absolute Gasteiger partial charge is 0.309 e. The summed E-state index contributed by atoms with van der Waals surface area (Å²) in [6, 6.07) is 11.0. The van der Waals surface area contributed by atoms with E-state index in [1.54, 1.807) is 0 Å². The molecule has 2 heterocycles. The summed E-state index contributed by atoms with van der Waals surface area (Å²) in [4.78, 5) is 14.3. The van der Waals surface area contributed by atoms with Crippen LogP contribution in [0.5, 0.6) is 0 Å². The normalized spacial score (nSPS) is 26.3. The highest BCUT2D eigenvalue weighted by molar-refractivity contribution is 5.72. The van der Waals surface area contributed by atoms with Crippen LogP contribution < -0.4 is 10.9 Å². The van der Waals surface area contributed by atoms with Gasteiger partial charge in [-0.3, -0.25) is 10.2 Å². The van der Waals surface area contributed by atoms with Gasteiger partial charge in [-0.15, -0.1) is 0 Å². The lowest BCUT2D eigenvalue weighted by atomic mass is 9.92. The van der Waals surface area contributed by atoms with Crippen LogP contribution in [0.15, 0.2) is 30.3 Å². The predicted octanol–water partition coefficient (Wildman–Crippen LogP) is 1.73. The fourth-order valence-corrected chi connectivity index (χ4v) is 3.66. The van der Waals surface area contributed by atoms with E-state index in [4.69, 9.17) is 4.74 Å². The molecule has 2 atom stereocenters. The zero-order valence-corrected chi connectivity index (χ0v) is 13.8. The molecule has 5 nitrogen and oxygen atoms in total. The molecule has 0 bridgehead atoms. The van der Waals surface area contributed by atoms with Crippen molar-refractivity contribution < 1.29 is 9.53 Å². The molecule has 0 spiro atoms. The number of likely N-dealkylation sites (tertiary alicyclic amines) is 1. The zero-order valence-electron chi connectivity index (χ0n) is 13.8. The Morgan fingerprint density at radius 2 is 2.00 bits per heavy atom. The molecule has 2 unspecified atom stereocenters. The number of esters is 1. The molecule has 0 aromatic heterocycles. The largest absolute Gasteiger partial charge is 0.466 e. The maximum Gasteiger partial charge on any atom is 0.309 e. The number of hydrazine groups is 1. The number of rotatable bonds is 5. The highest BCUT2D eigenvalue weighted by Crippen LogP contribution is 2.27. The molecule has 5 heteroatoms. The van der Waals surface area contributed by atoms with E-state index in [0.29, 0.717) is 18.6 Å². The fraction of sp³-hybridized carbons (Fsp3) is 0.611. The highest BCUT2D eigenvalue weighted by atomic mass is 16.5. The van der Waals surface area contributed by atoms with Crippen molar-refractivity contribution in [2.45, 2.75) is 25.8 Å². The molecule has 0 amide bonds. The van der Waals surface area contributed by atoms with Crippen molar-refractivity contribution in [3.8, 4) is 0 Å². The maximum atomic E-state index is 11.8. The van der Waals surface area contributed by atoms with Gasteiger partial charge in [0.1, 0.15) is 0 Å². The Labute approximate surface area is 138 Å². The van der Waals surface area contributed by atoms with Gasteiger partial charge in [0.15, 0.2) is 0 Å². The van der Waals surface area contributed by atoms with Crippen molar-refractivity contribution in [2.75, 3.05) is 32.8 Å². The minimum Gasteiger partial charge on any atom is -0.466 e. The predicted molar refractivity (Wildman–Crippen MR) is 89.6 cm³/mol. The second-order valence-corrected chi connectivity index (χ2v) is 6.50. The minimum atomic E-state index is -0.0153. The standard InChI is InChI=1S/C18H27N3O2/c1-2-23-18(22)15-8-10-21(11-9-15)13-16-12-19-20-17(16)14-6-4-3-5-7-14/h3-7,15-17,19-20H,2,8-13H2,1H3. The third-order valence-electron chi connectivity index (χ3n) is 4.95. The molecule has 2 aliphatic rings. The zero-order chi connectivity index (χ0) is 16.1. The molecule has 1 aromatic carbocycles. The van der Waals surface area contributed by atoms with Gasteiger partial charge in [-0.25, -0.2) is 5.43 Å². The molecular formula is C18H27N3O2. The number of nitrogens with zero attached hydrogens (tertiary/aromatic N) is 1. The molecule has 2 fully saturated rings. The van der Waals surface area contributed by atoms with Gasteiger partial charge < -0.3 is 9.64 Å². The first-order chi connectivity index (χ1) is 11.3. The van der Waals surface area contributed by atoms with Crippen LogP contribution >= 0.6 is 0 Å². The average Bonchev–Trinajstić information content (AvgIpc) is 3.05. The molecular weight excluding hydrogens is 290 g/mol. The number of carbonyl (C=O) groups is 1. The first-order valence-electron chi connectivity index (χ1n) is 8.70. The molecule has 2 saturated heterocycles. The summed E-state index contributed by atoms with van der Waals surface area (Å²) in [5.41, 5.74) is 8.05. The minimum absolute atomic E-state index is 0.0153. The van der Waals surface area contributed by atoms with E-state index in [2.05, 4.69) is 46.1 Å². The highest BCUT2D eigenvalue weighted by Gasteiger charge is 2.32. The van der Waals surface area contributed by atoms with Crippen LogP contribution in [0.4, 0.5) is 0 Å². The molecule has 0 aliphatic carbocycles. The van der Waals surface area contributed by atoms with Crippen LogP contribution in [0.25, 0.3) is 0 Å². The molecule has 0 radical (unpaired) electrons. The van der Waals surface area contributed by atoms with Gasteiger partial charge in [0.2, 0.25) is 0 Å². The first-order valence-corrected chi connectivity index (χ1v) is 8.70. The summed E-state index contributed by atoms with van der Waals surface area (Å²) in [5, 5.41) is 0. The van der Waals surface area contributed by atoms with Gasteiger partial charge in [-0.1, -0.05) is 30.3 Å². The lowest BCUT2D eigenvalue weighted by Crippen LogP contribution is -2.40. The Bertz CT molecular complexity index is 500. The molecule has 126 valence electrons. The van der Waals surface area contributed by atoms with E-state index < -0.39 is 0 Å². The Morgan fingerprint density at radius 1 is 1.26 bits per heavy atom. The van der Waals surface area contributed by atoms with Crippen molar-refractivity contribution in [2.24, 2.45) is 11.8 Å². The number of hydrogen-bond donors (Lipinski definition) is 2.